The number of anilines is 1. The summed E-state index contributed by atoms with van der Waals surface area (Å²) in [6.07, 6.45) is 4.58. The summed E-state index contributed by atoms with van der Waals surface area (Å²) in [5, 5.41) is 6.23. The first kappa shape index (κ1) is 12.7. The smallest absolute Gasteiger partial charge is 0.251 e. The van der Waals surface area contributed by atoms with E-state index in [1.54, 1.807) is 12.4 Å². The van der Waals surface area contributed by atoms with Gasteiger partial charge >= 0.3 is 0 Å². The van der Waals surface area contributed by atoms with Crippen LogP contribution in [0.25, 0.3) is 0 Å². The maximum absolute atomic E-state index is 12.2. The molecule has 4 nitrogen and oxygen atoms in total. The average Bonchev–Trinajstić information content (AvgIpc) is 2.93. The van der Waals surface area contributed by atoms with E-state index in [2.05, 4.69) is 15.6 Å². The van der Waals surface area contributed by atoms with Gasteiger partial charge in [0.2, 0.25) is 0 Å². The Morgan fingerprint density at radius 2 is 2.30 bits per heavy atom. The van der Waals surface area contributed by atoms with Gasteiger partial charge in [0.15, 0.2) is 0 Å². The van der Waals surface area contributed by atoms with Gasteiger partial charge in [0.25, 0.3) is 5.91 Å². The molecular weight excluding hydrogens is 250 g/mol. The van der Waals surface area contributed by atoms with Gasteiger partial charge < -0.3 is 10.6 Å². The minimum atomic E-state index is -0.0512. The van der Waals surface area contributed by atoms with Crippen molar-refractivity contribution in [2.75, 3.05) is 11.9 Å². The molecule has 0 unspecified atom stereocenters. The number of carbonyl (C=O) groups is 1. The number of aryl methyl sites for hydroxylation is 1. The molecule has 20 heavy (non-hydrogen) atoms. The number of carbonyl (C=O) groups excluding carboxylic acids is 1. The summed E-state index contributed by atoms with van der Waals surface area (Å²) >= 11 is 0. The number of nitrogens with zero attached hydrogens (tertiary/aromatic N) is 1. The van der Waals surface area contributed by atoms with Crippen molar-refractivity contribution < 1.29 is 4.79 Å². The Morgan fingerprint density at radius 1 is 1.40 bits per heavy atom. The van der Waals surface area contributed by atoms with Gasteiger partial charge in [-0.15, -0.1) is 0 Å². The first-order valence-electron chi connectivity index (χ1n) is 6.78. The van der Waals surface area contributed by atoms with Crippen LogP contribution in [0.2, 0.25) is 0 Å². The van der Waals surface area contributed by atoms with Crippen LogP contribution in [0.1, 0.15) is 27.0 Å². The molecule has 3 rings (SSSR count). The third-order valence-electron chi connectivity index (χ3n) is 3.67. The molecule has 0 aliphatic carbocycles. The van der Waals surface area contributed by atoms with Gasteiger partial charge in [-0.1, -0.05) is 6.07 Å². The van der Waals surface area contributed by atoms with Crippen LogP contribution in [0, 0.1) is 6.92 Å². The van der Waals surface area contributed by atoms with E-state index in [1.807, 2.05) is 31.2 Å². The summed E-state index contributed by atoms with van der Waals surface area (Å²) in [7, 11) is 0. The van der Waals surface area contributed by atoms with Crippen LogP contribution in [0.4, 0.5) is 5.69 Å². The number of aromatic nitrogens is 1. The zero-order valence-electron chi connectivity index (χ0n) is 11.4. The Kier molecular flexibility index (Phi) is 3.37. The lowest BCUT2D eigenvalue weighted by molar-refractivity contribution is 0.0951. The minimum Gasteiger partial charge on any atom is -0.384 e. The van der Waals surface area contributed by atoms with E-state index in [9.17, 15) is 4.79 Å². The largest absolute Gasteiger partial charge is 0.384 e. The summed E-state index contributed by atoms with van der Waals surface area (Å²) in [4.78, 5) is 16.3. The van der Waals surface area contributed by atoms with E-state index in [0.717, 1.165) is 29.8 Å². The van der Waals surface area contributed by atoms with Gasteiger partial charge in [0.05, 0.1) is 0 Å². The van der Waals surface area contributed by atoms with Crippen LogP contribution in [-0.2, 0) is 13.0 Å². The van der Waals surface area contributed by atoms with Gasteiger partial charge in [-0.2, -0.15) is 0 Å². The van der Waals surface area contributed by atoms with Crippen LogP contribution < -0.4 is 10.6 Å². The lowest BCUT2D eigenvalue weighted by Gasteiger charge is -2.08. The Hall–Kier alpha value is -2.36. The first-order valence-corrected chi connectivity index (χ1v) is 6.78. The minimum absolute atomic E-state index is 0.0512. The highest BCUT2D eigenvalue weighted by atomic mass is 16.1. The van der Waals surface area contributed by atoms with Gasteiger partial charge in [-0.25, -0.2) is 0 Å². The van der Waals surface area contributed by atoms with Crippen molar-refractivity contribution in [1.29, 1.82) is 0 Å². The van der Waals surface area contributed by atoms with E-state index in [1.165, 1.54) is 5.56 Å². The van der Waals surface area contributed by atoms with Crippen molar-refractivity contribution >= 4 is 11.6 Å². The molecule has 1 aromatic carbocycles. The van der Waals surface area contributed by atoms with Crippen molar-refractivity contribution in [2.45, 2.75) is 19.9 Å². The SMILES string of the molecule is Cc1ccncc1CNC(=O)c1ccc2c(c1)NCC2. The zero-order chi connectivity index (χ0) is 13.9. The summed E-state index contributed by atoms with van der Waals surface area (Å²) in [6.45, 7) is 3.47. The molecule has 1 aliphatic heterocycles. The molecule has 2 heterocycles. The highest BCUT2D eigenvalue weighted by Crippen LogP contribution is 2.23. The van der Waals surface area contributed by atoms with Crippen molar-refractivity contribution in [3.8, 4) is 0 Å². The maximum Gasteiger partial charge on any atom is 0.251 e. The predicted molar refractivity (Wildman–Crippen MR) is 78.8 cm³/mol. The maximum atomic E-state index is 12.2. The fourth-order valence-electron chi connectivity index (χ4n) is 2.39. The van der Waals surface area contributed by atoms with Crippen LogP contribution in [0.15, 0.2) is 36.7 Å². The molecule has 1 amide bonds. The standard InChI is InChI=1S/C16H17N3O/c1-11-4-6-17-9-14(11)10-19-16(20)13-3-2-12-5-7-18-15(12)8-13/h2-4,6,8-9,18H,5,7,10H2,1H3,(H,19,20). The fourth-order valence-corrected chi connectivity index (χ4v) is 2.39. The van der Waals surface area contributed by atoms with Crippen molar-refractivity contribution in [1.82, 2.24) is 10.3 Å². The molecule has 0 atom stereocenters. The molecule has 0 bridgehead atoms. The molecule has 4 heteroatoms. The van der Waals surface area contributed by atoms with Crippen molar-refractivity contribution in [2.24, 2.45) is 0 Å². The van der Waals surface area contributed by atoms with Gasteiger partial charge in [0.1, 0.15) is 0 Å². The van der Waals surface area contributed by atoms with Crippen LogP contribution in [0.5, 0.6) is 0 Å². The molecular formula is C16H17N3O. The Labute approximate surface area is 118 Å². The van der Waals surface area contributed by atoms with Gasteiger partial charge in [0, 0.05) is 36.7 Å². The number of hydrogen-bond donors (Lipinski definition) is 2. The highest BCUT2D eigenvalue weighted by Gasteiger charge is 2.13. The molecule has 0 saturated heterocycles. The number of hydrogen-bond acceptors (Lipinski definition) is 3. The molecule has 0 saturated carbocycles. The Morgan fingerprint density at radius 3 is 3.15 bits per heavy atom. The normalized spacial score (nSPS) is 12.7. The molecule has 1 aliphatic rings. The summed E-state index contributed by atoms with van der Waals surface area (Å²) in [5.41, 5.74) is 5.23. The monoisotopic (exact) mass is 267 g/mol. The van der Waals surface area contributed by atoms with E-state index >= 15 is 0 Å². The van der Waals surface area contributed by atoms with Gasteiger partial charge in [-0.3, -0.25) is 9.78 Å². The fraction of sp³-hybridized carbons (Fsp3) is 0.250. The zero-order valence-corrected chi connectivity index (χ0v) is 11.4. The number of fused-ring (bicyclic) bond motifs is 1. The van der Waals surface area contributed by atoms with Crippen LogP contribution in [0.3, 0.4) is 0 Å². The molecule has 1 aromatic heterocycles. The number of benzene rings is 1. The number of rotatable bonds is 3. The van der Waals surface area contributed by atoms with Crippen LogP contribution >= 0.6 is 0 Å². The second-order valence-electron chi connectivity index (χ2n) is 5.03. The molecule has 102 valence electrons. The second-order valence-corrected chi connectivity index (χ2v) is 5.03. The third kappa shape index (κ3) is 2.50. The highest BCUT2D eigenvalue weighted by molar-refractivity contribution is 5.95. The molecule has 2 N–H and O–H groups in total. The van der Waals surface area contributed by atoms with Crippen molar-refractivity contribution in [3.63, 3.8) is 0 Å². The van der Waals surface area contributed by atoms with Gasteiger partial charge in [-0.05, 0) is 48.2 Å². The van der Waals surface area contributed by atoms with Crippen LogP contribution in [-0.4, -0.2) is 17.4 Å². The topological polar surface area (TPSA) is 54.0 Å². The lowest BCUT2D eigenvalue weighted by atomic mass is 10.1. The summed E-state index contributed by atoms with van der Waals surface area (Å²) < 4.78 is 0. The third-order valence-corrected chi connectivity index (χ3v) is 3.67. The van der Waals surface area contributed by atoms with E-state index in [0.29, 0.717) is 12.1 Å². The second kappa shape index (κ2) is 5.33. The number of pyridine rings is 1. The Balaban J connectivity index is 1.69. The number of amides is 1. The Bertz CT molecular complexity index is 652. The molecule has 0 fully saturated rings. The summed E-state index contributed by atoms with van der Waals surface area (Å²) in [6, 6.07) is 7.78. The van der Waals surface area contributed by atoms with Crippen molar-refractivity contribution in [3.05, 3.63) is 58.9 Å². The molecule has 2 aromatic rings. The number of nitrogens with one attached hydrogen (secondary N) is 2. The predicted octanol–water partition coefficient (Wildman–Crippen LogP) is 2.29. The lowest BCUT2D eigenvalue weighted by Crippen LogP contribution is -2.23. The van der Waals surface area contributed by atoms with E-state index in [-0.39, 0.29) is 5.91 Å². The first-order chi connectivity index (χ1) is 9.74. The van der Waals surface area contributed by atoms with E-state index < -0.39 is 0 Å². The molecule has 0 radical (unpaired) electrons. The van der Waals surface area contributed by atoms with E-state index in [4.69, 9.17) is 0 Å². The average molecular weight is 267 g/mol. The molecule has 0 spiro atoms. The summed E-state index contributed by atoms with van der Waals surface area (Å²) in [5.74, 6) is -0.0512. The quantitative estimate of drug-likeness (QED) is 0.897.